The number of aliphatic carboxylic acids is 1. The van der Waals surface area contributed by atoms with Gasteiger partial charge in [0.1, 0.15) is 6.04 Å². The molecule has 8 heteroatoms. The molecule has 1 amide bonds. The minimum Gasteiger partial charge on any atom is -0.481 e. The van der Waals surface area contributed by atoms with Crippen molar-refractivity contribution in [3.05, 3.63) is 0 Å². The van der Waals surface area contributed by atoms with Crippen LogP contribution in [0.1, 0.15) is 39.5 Å². The molecule has 0 aliphatic carbocycles. The summed E-state index contributed by atoms with van der Waals surface area (Å²) in [4.78, 5) is 25.6. The van der Waals surface area contributed by atoms with E-state index in [4.69, 9.17) is 5.11 Å². The van der Waals surface area contributed by atoms with Crippen LogP contribution in [0, 0.1) is 11.8 Å². The van der Waals surface area contributed by atoms with Crippen LogP contribution in [0.5, 0.6) is 0 Å². The highest BCUT2D eigenvalue weighted by Crippen LogP contribution is 2.28. The van der Waals surface area contributed by atoms with E-state index in [1.54, 1.807) is 4.90 Å². The topological polar surface area (TPSA) is 95.0 Å². The SMILES string of the molecule is CCCS(=O)(=O)N1CCCC1C(=O)N1CCC(C(=O)O)C(C)C1. The Morgan fingerprint density at radius 2 is 1.91 bits per heavy atom. The van der Waals surface area contributed by atoms with Crippen molar-refractivity contribution in [2.24, 2.45) is 11.8 Å². The van der Waals surface area contributed by atoms with Crippen LogP contribution in [-0.4, -0.2) is 66.0 Å². The fraction of sp³-hybridized carbons (Fsp3) is 0.867. The lowest BCUT2D eigenvalue weighted by atomic mass is 9.87. The van der Waals surface area contributed by atoms with E-state index in [0.717, 1.165) is 0 Å². The number of carbonyl (C=O) groups is 2. The Morgan fingerprint density at radius 3 is 2.48 bits per heavy atom. The smallest absolute Gasteiger partial charge is 0.306 e. The number of hydrogen-bond donors (Lipinski definition) is 1. The van der Waals surface area contributed by atoms with E-state index in [1.807, 2.05) is 13.8 Å². The second-order valence-electron chi connectivity index (χ2n) is 6.58. The molecule has 132 valence electrons. The van der Waals surface area contributed by atoms with Crippen molar-refractivity contribution in [1.82, 2.24) is 9.21 Å². The van der Waals surface area contributed by atoms with Crippen LogP contribution < -0.4 is 0 Å². The van der Waals surface area contributed by atoms with Crippen molar-refractivity contribution in [3.63, 3.8) is 0 Å². The molecule has 2 aliphatic heterocycles. The van der Waals surface area contributed by atoms with Crippen molar-refractivity contribution in [1.29, 1.82) is 0 Å². The molecule has 0 bridgehead atoms. The molecule has 1 N–H and O–H groups in total. The fourth-order valence-corrected chi connectivity index (χ4v) is 5.36. The lowest BCUT2D eigenvalue weighted by Gasteiger charge is -2.37. The van der Waals surface area contributed by atoms with E-state index >= 15 is 0 Å². The van der Waals surface area contributed by atoms with E-state index < -0.39 is 28.0 Å². The molecule has 0 saturated carbocycles. The van der Waals surface area contributed by atoms with Gasteiger partial charge in [0.05, 0.1) is 11.7 Å². The summed E-state index contributed by atoms with van der Waals surface area (Å²) < 4.78 is 26.0. The Morgan fingerprint density at radius 1 is 1.22 bits per heavy atom. The van der Waals surface area contributed by atoms with Crippen molar-refractivity contribution in [2.45, 2.75) is 45.6 Å². The van der Waals surface area contributed by atoms with Gasteiger partial charge in [-0.3, -0.25) is 9.59 Å². The molecular weight excluding hydrogens is 320 g/mol. The predicted molar refractivity (Wildman–Crippen MR) is 85.3 cm³/mol. The second-order valence-corrected chi connectivity index (χ2v) is 8.62. The highest BCUT2D eigenvalue weighted by Gasteiger charge is 2.42. The molecule has 0 aromatic heterocycles. The van der Waals surface area contributed by atoms with Gasteiger partial charge in [0.15, 0.2) is 0 Å². The van der Waals surface area contributed by atoms with E-state index in [0.29, 0.717) is 45.3 Å². The zero-order valence-corrected chi connectivity index (χ0v) is 14.6. The molecule has 2 aliphatic rings. The highest BCUT2D eigenvalue weighted by molar-refractivity contribution is 7.89. The van der Waals surface area contributed by atoms with Crippen LogP contribution in [0.3, 0.4) is 0 Å². The number of carbonyl (C=O) groups excluding carboxylic acids is 1. The number of nitrogens with zero attached hydrogens (tertiary/aromatic N) is 2. The maximum atomic E-state index is 12.8. The molecule has 2 rings (SSSR count). The van der Waals surface area contributed by atoms with Crippen LogP contribution >= 0.6 is 0 Å². The van der Waals surface area contributed by atoms with Gasteiger partial charge in [-0.1, -0.05) is 13.8 Å². The van der Waals surface area contributed by atoms with Gasteiger partial charge in [-0.05, 0) is 31.6 Å². The van der Waals surface area contributed by atoms with Crippen molar-refractivity contribution < 1.29 is 23.1 Å². The van der Waals surface area contributed by atoms with E-state index in [1.165, 1.54) is 4.31 Å². The summed E-state index contributed by atoms with van der Waals surface area (Å²) in [5, 5.41) is 9.16. The number of hydrogen-bond acceptors (Lipinski definition) is 4. The summed E-state index contributed by atoms with van der Waals surface area (Å²) >= 11 is 0. The minimum atomic E-state index is -3.39. The minimum absolute atomic E-state index is 0.0638. The number of sulfonamides is 1. The average Bonchev–Trinajstić information content (AvgIpc) is 2.96. The van der Waals surface area contributed by atoms with E-state index in [2.05, 4.69) is 0 Å². The van der Waals surface area contributed by atoms with Crippen molar-refractivity contribution in [3.8, 4) is 0 Å². The van der Waals surface area contributed by atoms with Crippen LogP contribution in [0.2, 0.25) is 0 Å². The molecule has 0 radical (unpaired) electrons. The van der Waals surface area contributed by atoms with Crippen LogP contribution in [-0.2, 0) is 19.6 Å². The highest BCUT2D eigenvalue weighted by atomic mass is 32.2. The third kappa shape index (κ3) is 3.85. The largest absolute Gasteiger partial charge is 0.481 e. The third-order valence-corrected chi connectivity index (χ3v) is 6.92. The van der Waals surface area contributed by atoms with Crippen molar-refractivity contribution in [2.75, 3.05) is 25.4 Å². The molecule has 0 aromatic rings. The first kappa shape index (κ1) is 18.2. The predicted octanol–water partition coefficient (Wildman–Crippen LogP) is 0.760. The second kappa shape index (κ2) is 7.17. The standard InChI is InChI=1S/C15H26N2O5S/c1-3-9-23(21,22)17-7-4-5-13(17)14(18)16-8-6-12(15(19)20)11(2)10-16/h11-13H,3-10H2,1-2H3,(H,19,20). The van der Waals surface area contributed by atoms with Gasteiger partial charge in [0.25, 0.3) is 0 Å². The summed E-state index contributed by atoms with van der Waals surface area (Å²) in [6, 6.07) is -0.611. The Kier molecular flexibility index (Phi) is 5.67. The monoisotopic (exact) mass is 346 g/mol. The first-order valence-corrected chi connectivity index (χ1v) is 9.90. The lowest BCUT2D eigenvalue weighted by Crippen LogP contribution is -2.52. The quantitative estimate of drug-likeness (QED) is 0.793. The third-order valence-electron chi connectivity index (χ3n) is 4.84. The molecule has 2 saturated heterocycles. The maximum Gasteiger partial charge on any atom is 0.306 e. The number of carboxylic acids is 1. The Balaban J connectivity index is 2.07. The van der Waals surface area contributed by atoms with Crippen LogP contribution in [0.25, 0.3) is 0 Å². The number of rotatable bonds is 5. The fourth-order valence-electron chi connectivity index (χ4n) is 3.62. The van der Waals surface area contributed by atoms with Gasteiger partial charge >= 0.3 is 5.97 Å². The van der Waals surface area contributed by atoms with Crippen LogP contribution in [0.15, 0.2) is 0 Å². The summed E-state index contributed by atoms with van der Waals surface area (Å²) in [6.07, 6.45) is 2.20. The normalized spacial score (nSPS) is 29.7. The molecule has 7 nitrogen and oxygen atoms in total. The lowest BCUT2D eigenvalue weighted by molar-refractivity contribution is -0.149. The Bertz CT molecular complexity index is 562. The average molecular weight is 346 g/mol. The van der Waals surface area contributed by atoms with Gasteiger partial charge in [-0.25, -0.2) is 8.42 Å². The first-order chi connectivity index (χ1) is 10.8. The maximum absolute atomic E-state index is 12.8. The molecule has 2 fully saturated rings. The van der Waals surface area contributed by atoms with Gasteiger partial charge in [-0.15, -0.1) is 0 Å². The number of likely N-dealkylation sites (tertiary alicyclic amines) is 1. The molecule has 0 aromatic carbocycles. The summed E-state index contributed by atoms with van der Waals surface area (Å²) in [7, 11) is -3.39. The van der Waals surface area contributed by atoms with Gasteiger partial charge in [0, 0.05) is 19.6 Å². The molecule has 23 heavy (non-hydrogen) atoms. The van der Waals surface area contributed by atoms with Crippen LogP contribution in [0.4, 0.5) is 0 Å². The van der Waals surface area contributed by atoms with Gasteiger partial charge < -0.3 is 10.0 Å². The van der Waals surface area contributed by atoms with E-state index in [9.17, 15) is 18.0 Å². The molecular formula is C15H26N2O5S. The molecule has 3 unspecified atom stereocenters. The summed E-state index contributed by atoms with van der Waals surface area (Å²) in [5.74, 6) is -1.47. The zero-order chi connectivity index (χ0) is 17.2. The zero-order valence-electron chi connectivity index (χ0n) is 13.8. The molecule has 2 heterocycles. The Hall–Kier alpha value is -1.15. The van der Waals surface area contributed by atoms with Gasteiger partial charge in [0.2, 0.25) is 15.9 Å². The Labute approximate surface area is 137 Å². The van der Waals surface area contributed by atoms with Crippen molar-refractivity contribution >= 4 is 21.9 Å². The molecule has 3 atom stereocenters. The van der Waals surface area contributed by atoms with Gasteiger partial charge in [-0.2, -0.15) is 4.31 Å². The number of piperidine rings is 1. The van der Waals surface area contributed by atoms with E-state index in [-0.39, 0.29) is 17.6 Å². The molecule has 0 spiro atoms. The summed E-state index contributed by atoms with van der Waals surface area (Å²) in [6.45, 7) is 4.81. The number of carboxylic acid groups (broad SMARTS) is 1. The summed E-state index contributed by atoms with van der Waals surface area (Å²) in [5.41, 5.74) is 0. The first-order valence-electron chi connectivity index (χ1n) is 8.29. The number of amides is 1.